The zero-order chi connectivity index (χ0) is 20.5. The van der Waals surface area contributed by atoms with E-state index in [1.807, 2.05) is 40.5 Å². The molecule has 1 aromatic carbocycles. The summed E-state index contributed by atoms with van der Waals surface area (Å²) in [5.41, 5.74) is 3.43. The lowest BCUT2D eigenvalue weighted by molar-refractivity contribution is 0.133. The molecule has 6 heteroatoms. The molecule has 2 aliphatic heterocycles. The molecule has 2 amide bonds. The molecule has 1 N–H and O–H groups in total. The molecule has 1 saturated carbocycles. The largest absolute Gasteiger partial charge is 0.324 e. The number of carbonyl (C=O) groups is 1. The second-order valence-corrected chi connectivity index (χ2v) is 10.2. The van der Waals surface area contributed by atoms with Crippen molar-refractivity contribution in [3.05, 3.63) is 45.4 Å². The fraction of sp³-hybridized carbons (Fsp3) is 0.583. The summed E-state index contributed by atoms with van der Waals surface area (Å²) >= 11 is 1.95. The first kappa shape index (κ1) is 20.0. The summed E-state index contributed by atoms with van der Waals surface area (Å²) in [6.07, 6.45) is 8.50. The van der Waals surface area contributed by atoms with Gasteiger partial charge in [-0.25, -0.2) is 9.78 Å². The smallest absolute Gasteiger partial charge is 0.321 e. The predicted octanol–water partition coefficient (Wildman–Crippen LogP) is 4.82. The van der Waals surface area contributed by atoms with E-state index in [9.17, 15) is 4.79 Å². The Balaban J connectivity index is 1.15. The van der Waals surface area contributed by atoms with Crippen LogP contribution in [0.25, 0.3) is 0 Å². The number of hydrogen-bond donors (Lipinski definition) is 1. The number of carbonyl (C=O) groups excluding carboxylic acids is 1. The van der Waals surface area contributed by atoms with Crippen LogP contribution in [0, 0.1) is 6.92 Å². The number of likely N-dealkylation sites (tertiary alicyclic amines) is 1. The quantitative estimate of drug-likeness (QED) is 0.769. The van der Waals surface area contributed by atoms with Crippen LogP contribution >= 0.6 is 11.3 Å². The topological polar surface area (TPSA) is 48.5 Å². The summed E-state index contributed by atoms with van der Waals surface area (Å²) in [6, 6.07) is 8.85. The minimum atomic E-state index is 0.0170. The van der Waals surface area contributed by atoms with Crippen molar-refractivity contribution in [1.82, 2.24) is 14.8 Å². The Morgan fingerprint density at radius 1 is 1.03 bits per heavy atom. The van der Waals surface area contributed by atoms with Crippen LogP contribution < -0.4 is 5.32 Å². The molecule has 0 unspecified atom stereocenters. The lowest BCUT2D eigenvalue weighted by atomic mass is 9.91. The highest BCUT2D eigenvalue weighted by Crippen LogP contribution is 2.35. The van der Waals surface area contributed by atoms with Crippen molar-refractivity contribution in [2.75, 3.05) is 31.5 Å². The molecule has 3 aliphatic rings. The fourth-order valence-corrected chi connectivity index (χ4v) is 6.13. The van der Waals surface area contributed by atoms with Gasteiger partial charge in [0.25, 0.3) is 0 Å². The summed E-state index contributed by atoms with van der Waals surface area (Å²) in [5.74, 6) is 0.507. The Morgan fingerprint density at radius 2 is 1.77 bits per heavy atom. The SMILES string of the molecule is Cc1ccc(NC(=O)N2CCC(c3nc4c(s3)CCN(C3CCC3)CC4)CC2)cc1. The second kappa shape index (κ2) is 8.67. The first-order valence-electron chi connectivity index (χ1n) is 11.5. The molecular weight excluding hydrogens is 392 g/mol. The molecule has 30 heavy (non-hydrogen) atoms. The number of hydrogen-bond acceptors (Lipinski definition) is 4. The molecule has 5 nitrogen and oxygen atoms in total. The molecule has 160 valence electrons. The molecular formula is C24H32N4OS. The third kappa shape index (κ3) is 4.26. The van der Waals surface area contributed by atoms with Crippen LogP contribution in [0.3, 0.4) is 0 Å². The van der Waals surface area contributed by atoms with Gasteiger partial charge in [0.2, 0.25) is 0 Å². The summed E-state index contributed by atoms with van der Waals surface area (Å²) < 4.78 is 0. The number of nitrogens with one attached hydrogen (secondary N) is 1. The third-order valence-electron chi connectivity index (χ3n) is 7.08. The van der Waals surface area contributed by atoms with Crippen molar-refractivity contribution < 1.29 is 4.79 Å². The van der Waals surface area contributed by atoms with Crippen LogP contribution in [0.2, 0.25) is 0 Å². The van der Waals surface area contributed by atoms with Crippen molar-refractivity contribution in [3.63, 3.8) is 0 Å². The Kier molecular flexibility index (Phi) is 5.79. The Morgan fingerprint density at radius 3 is 2.47 bits per heavy atom. The summed E-state index contributed by atoms with van der Waals surface area (Å²) in [4.78, 5) is 23.9. The van der Waals surface area contributed by atoms with Gasteiger partial charge < -0.3 is 10.2 Å². The van der Waals surface area contributed by atoms with Gasteiger partial charge in [-0.3, -0.25) is 4.90 Å². The van der Waals surface area contributed by atoms with E-state index in [1.165, 1.54) is 59.9 Å². The van der Waals surface area contributed by atoms with E-state index in [-0.39, 0.29) is 6.03 Å². The number of nitrogens with zero attached hydrogens (tertiary/aromatic N) is 3. The molecule has 1 saturated heterocycles. The highest BCUT2D eigenvalue weighted by molar-refractivity contribution is 7.11. The number of thiazole rings is 1. The zero-order valence-electron chi connectivity index (χ0n) is 17.9. The van der Waals surface area contributed by atoms with Gasteiger partial charge in [0, 0.05) is 55.1 Å². The van der Waals surface area contributed by atoms with Gasteiger partial charge in [0.05, 0.1) is 10.7 Å². The Bertz CT molecular complexity index is 856. The van der Waals surface area contributed by atoms with Gasteiger partial charge in [-0.15, -0.1) is 11.3 Å². The first-order valence-corrected chi connectivity index (χ1v) is 12.3. The van der Waals surface area contributed by atoms with Crippen LogP contribution in [0.4, 0.5) is 10.5 Å². The molecule has 3 heterocycles. The molecule has 1 aliphatic carbocycles. The maximum Gasteiger partial charge on any atom is 0.321 e. The molecule has 0 bridgehead atoms. The maximum atomic E-state index is 12.6. The first-order chi connectivity index (χ1) is 14.7. The monoisotopic (exact) mass is 424 g/mol. The van der Waals surface area contributed by atoms with Gasteiger partial charge in [0.1, 0.15) is 0 Å². The van der Waals surface area contributed by atoms with Crippen molar-refractivity contribution in [2.24, 2.45) is 0 Å². The van der Waals surface area contributed by atoms with Crippen molar-refractivity contribution in [3.8, 4) is 0 Å². The normalized spacial score (nSPS) is 21.0. The van der Waals surface area contributed by atoms with Gasteiger partial charge in [0.15, 0.2) is 0 Å². The average molecular weight is 425 g/mol. The zero-order valence-corrected chi connectivity index (χ0v) is 18.7. The minimum Gasteiger partial charge on any atom is -0.324 e. The molecule has 2 aromatic rings. The Labute approximate surface area is 183 Å². The van der Waals surface area contributed by atoms with Crippen molar-refractivity contribution in [1.29, 1.82) is 0 Å². The van der Waals surface area contributed by atoms with Crippen LogP contribution in [-0.2, 0) is 12.8 Å². The minimum absolute atomic E-state index is 0.0170. The van der Waals surface area contributed by atoms with Crippen LogP contribution in [-0.4, -0.2) is 53.0 Å². The molecule has 2 fully saturated rings. The maximum absolute atomic E-state index is 12.6. The molecule has 0 radical (unpaired) electrons. The summed E-state index contributed by atoms with van der Waals surface area (Å²) in [5, 5.41) is 4.35. The van der Waals surface area contributed by atoms with Gasteiger partial charge in [-0.2, -0.15) is 0 Å². The number of anilines is 1. The number of fused-ring (bicyclic) bond motifs is 1. The van der Waals surface area contributed by atoms with Crippen LogP contribution in [0.5, 0.6) is 0 Å². The van der Waals surface area contributed by atoms with Crippen molar-refractivity contribution >= 4 is 23.1 Å². The molecule has 0 atom stereocenters. The highest BCUT2D eigenvalue weighted by atomic mass is 32.1. The van der Waals surface area contributed by atoms with Crippen LogP contribution in [0.1, 0.15) is 59.2 Å². The van der Waals surface area contributed by atoms with Crippen molar-refractivity contribution in [2.45, 2.75) is 63.8 Å². The summed E-state index contributed by atoms with van der Waals surface area (Å²) in [6.45, 7) is 6.05. The molecule has 5 rings (SSSR count). The number of piperidine rings is 1. The number of aromatic nitrogens is 1. The second-order valence-electron chi connectivity index (χ2n) is 9.10. The van der Waals surface area contributed by atoms with E-state index < -0.39 is 0 Å². The standard InChI is InChI=1S/C24H32N4OS/c1-17-5-7-19(8-6-17)25-24(29)28-13-9-18(10-14-28)23-26-21-11-15-27(20-3-2-4-20)16-12-22(21)30-23/h5-8,18,20H,2-4,9-16H2,1H3,(H,25,29). The number of amides is 2. The Hall–Kier alpha value is -1.92. The predicted molar refractivity (Wildman–Crippen MR) is 122 cm³/mol. The van der Waals surface area contributed by atoms with E-state index in [0.717, 1.165) is 44.1 Å². The van der Waals surface area contributed by atoms with E-state index in [1.54, 1.807) is 0 Å². The number of urea groups is 1. The number of rotatable bonds is 3. The lowest BCUT2D eigenvalue weighted by Gasteiger charge is -2.36. The molecule has 1 aromatic heterocycles. The van der Waals surface area contributed by atoms with E-state index in [0.29, 0.717) is 5.92 Å². The lowest BCUT2D eigenvalue weighted by Crippen LogP contribution is -2.41. The van der Waals surface area contributed by atoms with E-state index >= 15 is 0 Å². The van der Waals surface area contributed by atoms with Gasteiger partial charge in [-0.1, -0.05) is 24.1 Å². The van der Waals surface area contributed by atoms with E-state index in [2.05, 4.69) is 17.1 Å². The fourth-order valence-electron chi connectivity index (χ4n) is 4.86. The molecule has 0 spiro atoms. The van der Waals surface area contributed by atoms with Gasteiger partial charge >= 0.3 is 6.03 Å². The van der Waals surface area contributed by atoms with Gasteiger partial charge in [-0.05, 0) is 51.2 Å². The summed E-state index contributed by atoms with van der Waals surface area (Å²) in [7, 11) is 0. The number of aryl methyl sites for hydroxylation is 1. The third-order valence-corrected chi connectivity index (χ3v) is 8.40. The number of benzene rings is 1. The van der Waals surface area contributed by atoms with E-state index in [4.69, 9.17) is 4.98 Å². The highest BCUT2D eigenvalue weighted by Gasteiger charge is 2.30. The van der Waals surface area contributed by atoms with Crippen LogP contribution in [0.15, 0.2) is 24.3 Å². The average Bonchev–Trinajstić information content (AvgIpc) is 3.04.